The van der Waals surface area contributed by atoms with Crippen molar-refractivity contribution < 1.29 is 19.5 Å². The molecule has 36 heavy (non-hydrogen) atoms. The maximum atomic E-state index is 10.2. The summed E-state index contributed by atoms with van der Waals surface area (Å²) in [4.78, 5) is 10.2. The lowest BCUT2D eigenvalue weighted by Gasteiger charge is -2.28. The van der Waals surface area contributed by atoms with Gasteiger partial charge in [0, 0.05) is 5.97 Å². The molecule has 0 saturated heterocycles. The van der Waals surface area contributed by atoms with E-state index in [1.807, 2.05) is 0 Å². The van der Waals surface area contributed by atoms with E-state index in [1.165, 1.54) is 141 Å². The van der Waals surface area contributed by atoms with Crippen LogP contribution in [0.15, 0.2) is 0 Å². The van der Waals surface area contributed by atoms with Crippen LogP contribution in [0.2, 0.25) is 0 Å². The number of carboxylic acids is 1. The Morgan fingerprint density at radius 2 is 0.833 bits per heavy atom. The molecule has 1 N–H and O–H groups in total. The maximum absolute atomic E-state index is 10.2. The summed E-state index contributed by atoms with van der Waals surface area (Å²) in [7, 11) is 4.42. The molecule has 0 aromatic carbocycles. The SMILES string of the molecule is CCCCCCCCCCCCCCCC(=O)[O-].CCCCCCCCCCCC[N+](C)(C)CCO. The second-order valence-corrected chi connectivity index (χ2v) is 11.7. The summed E-state index contributed by atoms with van der Waals surface area (Å²) in [5.41, 5.74) is 0. The van der Waals surface area contributed by atoms with Crippen molar-refractivity contribution in [2.75, 3.05) is 33.8 Å². The van der Waals surface area contributed by atoms with Gasteiger partial charge in [0.25, 0.3) is 0 Å². The van der Waals surface area contributed by atoms with E-state index in [2.05, 4.69) is 27.9 Å². The van der Waals surface area contributed by atoms with Crippen molar-refractivity contribution in [3.05, 3.63) is 0 Å². The largest absolute Gasteiger partial charge is 0.550 e. The highest BCUT2D eigenvalue weighted by Gasteiger charge is 2.12. The molecule has 4 nitrogen and oxygen atoms in total. The minimum absolute atomic E-state index is 0.234. The first-order chi connectivity index (χ1) is 17.4. The van der Waals surface area contributed by atoms with E-state index in [4.69, 9.17) is 5.11 Å². The zero-order valence-electron chi connectivity index (χ0n) is 25.3. The number of aliphatic hydroxyl groups excluding tert-OH is 1. The fourth-order valence-electron chi connectivity index (χ4n) is 4.70. The molecule has 0 saturated carbocycles. The molecule has 0 fully saturated rings. The Bertz CT molecular complexity index is 426. The zero-order chi connectivity index (χ0) is 27.2. The number of nitrogens with zero attached hydrogens (tertiary/aromatic N) is 1. The third-order valence-corrected chi connectivity index (χ3v) is 7.31. The predicted octanol–water partition coefficient (Wildman–Crippen LogP) is 8.19. The van der Waals surface area contributed by atoms with Crippen molar-refractivity contribution in [3.63, 3.8) is 0 Å². The van der Waals surface area contributed by atoms with Gasteiger partial charge in [0.15, 0.2) is 0 Å². The number of hydrogen-bond acceptors (Lipinski definition) is 3. The van der Waals surface area contributed by atoms with Gasteiger partial charge in [0.05, 0.1) is 27.2 Å². The highest BCUT2D eigenvalue weighted by atomic mass is 16.4. The standard InChI is InChI=1S/C16H36NO.C16H32O2/c1-4-5-6-7-8-9-10-11-12-13-14-17(2,3)15-16-18;1-2-3-4-5-6-7-8-9-10-11-12-13-14-15-16(17)18/h18H,4-16H2,1-3H3;2-15H2,1H3,(H,17,18)/q+1;/p-1. The van der Waals surface area contributed by atoms with Crippen LogP contribution < -0.4 is 5.11 Å². The molecule has 0 spiro atoms. The minimum Gasteiger partial charge on any atom is -0.550 e. The summed E-state index contributed by atoms with van der Waals surface area (Å²) in [6.45, 7) is 6.93. The average molecular weight is 514 g/mol. The number of likely N-dealkylation sites (N-methyl/N-ethyl adjacent to an activating group) is 1. The first-order valence-electron chi connectivity index (χ1n) is 16.0. The summed E-state index contributed by atoms with van der Waals surface area (Å²) in [5.74, 6) is -0.905. The van der Waals surface area contributed by atoms with Crippen molar-refractivity contribution in [1.29, 1.82) is 0 Å². The Hall–Kier alpha value is -0.610. The van der Waals surface area contributed by atoms with E-state index in [1.54, 1.807) is 0 Å². The first-order valence-corrected chi connectivity index (χ1v) is 16.0. The number of carbonyl (C=O) groups is 1. The number of carboxylic acid groups (broad SMARTS) is 1. The number of quaternary nitrogens is 1. The van der Waals surface area contributed by atoms with E-state index < -0.39 is 5.97 Å². The lowest BCUT2D eigenvalue weighted by molar-refractivity contribution is -0.890. The maximum Gasteiger partial charge on any atom is 0.102 e. The van der Waals surface area contributed by atoms with Gasteiger partial charge in [0.1, 0.15) is 6.54 Å². The zero-order valence-corrected chi connectivity index (χ0v) is 25.3. The van der Waals surface area contributed by atoms with E-state index in [-0.39, 0.29) is 6.42 Å². The van der Waals surface area contributed by atoms with Crippen LogP contribution in [0.25, 0.3) is 0 Å². The first kappa shape index (κ1) is 37.5. The molecule has 0 aliphatic heterocycles. The van der Waals surface area contributed by atoms with Crippen LogP contribution in [-0.2, 0) is 4.79 Å². The topological polar surface area (TPSA) is 60.4 Å². The fraction of sp³-hybridized carbons (Fsp3) is 0.969. The Balaban J connectivity index is 0. The Morgan fingerprint density at radius 1 is 0.528 bits per heavy atom. The summed E-state index contributed by atoms with van der Waals surface area (Å²) in [6.07, 6.45) is 30.9. The third kappa shape index (κ3) is 35.6. The summed E-state index contributed by atoms with van der Waals surface area (Å²) < 4.78 is 0.966. The van der Waals surface area contributed by atoms with Crippen molar-refractivity contribution in [3.8, 4) is 0 Å². The molecule has 0 heterocycles. The van der Waals surface area contributed by atoms with Crippen molar-refractivity contribution in [1.82, 2.24) is 0 Å². The lowest BCUT2D eigenvalue weighted by atomic mass is 10.0. The molecule has 218 valence electrons. The highest BCUT2D eigenvalue weighted by molar-refractivity contribution is 5.64. The number of unbranched alkanes of at least 4 members (excludes halogenated alkanes) is 21. The highest BCUT2D eigenvalue weighted by Crippen LogP contribution is 2.13. The van der Waals surface area contributed by atoms with Crippen molar-refractivity contribution in [2.45, 2.75) is 168 Å². The Kier molecular flexibility index (Phi) is 31.9. The van der Waals surface area contributed by atoms with E-state index >= 15 is 0 Å². The van der Waals surface area contributed by atoms with Gasteiger partial charge in [-0.3, -0.25) is 0 Å². The normalized spacial score (nSPS) is 11.4. The smallest absolute Gasteiger partial charge is 0.102 e. The molecule has 0 radical (unpaired) electrons. The summed E-state index contributed by atoms with van der Waals surface area (Å²) in [6, 6.07) is 0. The van der Waals surface area contributed by atoms with Gasteiger partial charge in [-0.2, -0.15) is 0 Å². The van der Waals surface area contributed by atoms with Gasteiger partial charge >= 0.3 is 0 Å². The van der Waals surface area contributed by atoms with Gasteiger partial charge in [-0.15, -0.1) is 0 Å². The van der Waals surface area contributed by atoms with Crippen LogP contribution in [-0.4, -0.2) is 49.4 Å². The molecule has 0 unspecified atom stereocenters. The monoisotopic (exact) mass is 514 g/mol. The number of carbonyl (C=O) groups excluding carboxylic acids is 1. The fourth-order valence-corrected chi connectivity index (χ4v) is 4.70. The van der Waals surface area contributed by atoms with E-state index in [0.717, 1.165) is 23.9 Å². The van der Waals surface area contributed by atoms with Gasteiger partial charge in [-0.05, 0) is 25.7 Å². The van der Waals surface area contributed by atoms with Crippen molar-refractivity contribution in [2.24, 2.45) is 0 Å². The molecule has 0 aliphatic carbocycles. The van der Waals surface area contributed by atoms with Crippen LogP contribution in [0, 0.1) is 0 Å². The average Bonchev–Trinajstić information content (AvgIpc) is 2.83. The molecule has 0 rings (SSSR count). The van der Waals surface area contributed by atoms with Crippen LogP contribution in [0.4, 0.5) is 0 Å². The molecule has 0 aliphatic rings. The van der Waals surface area contributed by atoms with Crippen LogP contribution in [0.3, 0.4) is 0 Å². The van der Waals surface area contributed by atoms with Crippen LogP contribution in [0.5, 0.6) is 0 Å². The van der Waals surface area contributed by atoms with Gasteiger partial charge in [-0.1, -0.05) is 142 Å². The number of hydrogen-bond donors (Lipinski definition) is 1. The summed E-state index contributed by atoms with van der Waals surface area (Å²) in [5, 5.41) is 19.1. The molecular weight excluding hydrogens is 446 g/mol. The second kappa shape index (κ2) is 30.6. The van der Waals surface area contributed by atoms with E-state index in [0.29, 0.717) is 6.61 Å². The summed E-state index contributed by atoms with van der Waals surface area (Å²) >= 11 is 0. The minimum atomic E-state index is -0.905. The molecule has 4 heteroatoms. The van der Waals surface area contributed by atoms with Gasteiger partial charge in [0.2, 0.25) is 0 Å². The Labute approximate surface area is 227 Å². The third-order valence-electron chi connectivity index (χ3n) is 7.31. The van der Waals surface area contributed by atoms with Gasteiger partial charge in [-0.25, -0.2) is 0 Å². The predicted molar refractivity (Wildman–Crippen MR) is 156 cm³/mol. The number of aliphatic hydroxyl groups is 1. The number of aliphatic carboxylic acids is 1. The quantitative estimate of drug-likeness (QED) is 0.0889. The Morgan fingerprint density at radius 3 is 1.14 bits per heavy atom. The molecule has 0 aromatic rings. The lowest BCUT2D eigenvalue weighted by Crippen LogP contribution is -2.42. The van der Waals surface area contributed by atoms with Gasteiger partial charge < -0.3 is 19.5 Å². The molecular formula is C32H67NO3. The molecule has 0 aromatic heterocycles. The molecule has 0 amide bonds. The van der Waals surface area contributed by atoms with E-state index in [9.17, 15) is 9.90 Å². The number of rotatable bonds is 27. The molecule has 0 atom stereocenters. The van der Waals surface area contributed by atoms with Crippen LogP contribution >= 0.6 is 0 Å². The molecule has 0 bridgehead atoms. The van der Waals surface area contributed by atoms with Crippen LogP contribution in [0.1, 0.15) is 168 Å². The second-order valence-electron chi connectivity index (χ2n) is 11.7. The van der Waals surface area contributed by atoms with Crippen molar-refractivity contribution >= 4 is 5.97 Å².